The van der Waals surface area contributed by atoms with Crippen LogP contribution in [0.4, 0.5) is 0 Å². The van der Waals surface area contributed by atoms with E-state index in [1.54, 1.807) is 19.2 Å². The molecule has 0 bridgehead atoms. The van der Waals surface area contributed by atoms with Crippen LogP contribution in [0.1, 0.15) is 47.7 Å². The van der Waals surface area contributed by atoms with Crippen molar-refractivity contribution in [1.82, 2.24) is 25.0 Å². The Labute approximate surface area is 164 Å². The third kappa shape index (κ3) is 3.56. The SMILES string of the molecule is CCOc1ccc(C(=O)N2CCC(c3nnc4n3CCNC4)CC2)cc1OC. The first-order valence-electron chi connectivity index (χ1n) is 9.94. The molecule has 0 unspecified atom stereocenters. The van der Waals surface area contributed by atoms with Gasteiger partial charge in [-0.1, -0.05) is 0 Å². The summed E-state index contributed by atoms with van der Waals surface area (Å²) in [6.07, 6.45) is 1.82. The van der Waals surface area contributed by atoms with Gasteiger partial charge in [-0.25, -0.2) is 0 Å². The highest BCUT2D eigenvalue weighted by molar-refractivity contribution is 5.95. The van der Waals surface area contributed by atoms with Gasteiger partial charge in [0.25, 0.3) is 5.91 Å². The Morgan fingerprint density at radius 3 is 2.79 bits per heavy atom. The molecule has 1 N–H and O–H groups in total. The highest BCUT2D eigenvalue weighted by Gasteiger charge is 2.29. The van der Waals surface area contributed by atoms with Gasteiger partial charge in [-0.15, -0.1) is 10.2 Å². The molecule has 0 atom stereocenters. The summed E-state index contributed by atoms with van der Waals surface area (Å²) in [4.78, 5) is 14.9. The van der Waals surface area contributed by atoms with Gasteiger partial charge in [0.15, 0.2) is 11.5 Å². The predicted molar refractivity (Wildman–Crippen MR) is 104 cm³/mol. The number of ether oxygens (including phenoxy) is 2. The number of hydrogen-bond donors (Lipinski definition) is 1. The van der Waals surface area contributed by atoms with E-state index in [9.17, 15) is 4.79 Å². The van der Waals surface area contributed by atoms with Gasteiger partial charge < -0.3 is 24.3 Å². The lowest BCUT2D eigenvalue weighted by molar-refractivity contribution is 0.0709. The highest BCUT2D eigenvalue weighted by Crippen LogP contribution is 2.31. The number of carbonyl (C=O) groups excluding carboxylic acids is 1. The van der Waals surface area contributed by atoms with Gasteiger partial charge >= 0.3 is 0 Å². The summed E-state index contributed by atoms with van der Waals surface area (Å²) in [5.74, 6) is 3.73. The topological polar surface area (TPSA) is 81.5 Å². The minimum Gasteiger partial charge on any atom is -0.493 e. The van der Waals surface area contributed by atoms with E-state index in [0.717, 1.165) is 57.2 Å². The Morgan fingerprint density at radius 1 is 1.21 bits per heavy atom. The fourth-order valence-corrected chi connectivity index (χ4v) is 4.02. The maximum atomic E-state index is 13.0. The molecule has 0 radical (unpaired) electrons. The van der Waals surface area contributed by atoms with Gasteiger partial charge in [0.05, 0.1) is 20.3 Å². The summed E-state index contributed by atoms with van der Waals surface area (Å²) >= 11 is 0. The number of rotatable bonds is 5. The molecule has 8 heteroatoms. The molecule has 0 spiro atoms. The van der Waals surface area contributed by atoms with Gasteiger partial charge in [-0.05, 0) is 38.0 Å². The number of piperidine rings is 1. The maximum Gasteiger partial charge on any atom is 0.253 e. The van der Waals surface area contributed by atoms with Crippen LogP contribution in [0.3, 0.4) is 0 Å². The van der Waals surface area contributed by atoms with Crippen molar-refractivity contribution in [3.63, 3.8) is 0 Å². The normalized spacial score (nSPS) is 17.3. The average Bonchev–Trinajstić information content (AvgIpc) is 3.18. The second-order valence-corrected chi connectivity index (χ2v) is 7.17. The number of nitrogens with zero attached hydrogens (tertiary/aromatic N) is 4. The number of aromatic nitrogens is 3. The van der Waals surface area contributed by atoms with Crippen molar-refractivity contribution in [1.29, 1.82) is 0 Å². The zero-order valence-corrected chi connectivity index (χ0v) is 16.5. The Kier molecular flexibility index (Phi) is 5.47. The van der Waals surface area contributed by atoms with Gasteiger partial charge in [-0.2, -0.15) is 0 Å². The van der Waals surface area contributed by atoms with E-state index in [4.69, 9.17) is 9.47 Å². The molecule has 1 aromatic heterocycles. The lowest BCUT2D eigenvalue weighted by Crippen LogP contribution is -2.39. The van der Waals surface area contributed by atoms with Crippen LogP contribution >= 0.6 is 0 Å². The molecular formula is C20H27N5O3. The van der Waals surface area contributed by atoms with E-state index in [1.807, 2.05) is 17.9 Å². The summed E-state index contributed by atoms with van der Waals surface area (Å²) in [5.41, 5.74) is 0.629. The number of carbonyl (C=O) groups is 1. The van der Waals surface area contributed by atoms with Gasteiger partial charge in [0.2, 0.25) is 0 Å². The van der Waals surface area contributed by atoms with Crippen LogP contribution in [-0.4, -0.2) is 58.9 Å². The van der Waals surface area contributed by atoms with E-state index in [-0.39, 0.29) is 5.91 Å². The molecule has 2 aromatic rings. The predicted octanol–water partition coefficient (Wildman–Crippen LogP) is 1.81. The molecule has 4 rings (SSSR count). The summed E-state index contributed by atoms with van der Waals surface area (Å²) < 4.78 is 13.2. The molecule has 0 saturated carbocycles. The molecule has 1 fully saturated rings. The average molecular weight is 385 g/mol. The summed E-state index contributed by atoms with van der Waals surface area (Å²) in [6.45, 7) is 6.58. The Balaban J connectivity index is 1.42. The van der Waals surface area contributed by atoms with Crippen LogP contribution in [0.5, 0.6) is 11.5 Å². The first-order chi connectivity index (χ1) is 13.7. The molecule has 2 aliphatic rings. The first-order valence-corrected chi connectivity index (χ1v) is 9.94. The number of likely N-dealkylation sites (tertiary alicyclic amines) is 1. The quantitative estimate of drug-likeness (QED) is 0.845. The number of benzene rings is 1. The van der Waals surface area contributed by atoms with Crippen LogP contribution in [0.25, 0.3) is 0 Å². The monoisotopic (exact) mass is 385 g/mol. The van der Waals surface area contributed by atoms with Gasteiger partial charge in [0, 0.05) is 37.7 Å². The minimum absolute atomic E-state index is 0.0345. The van der Waals surface area contributed by atoms with Crippen molar-refractivity contribution in [2.75, 3.05) is 33.4 Å². The second kappa shape index (κ2) is 8.18. The van der Waals surface area contributed by atoms with Gasteiger partial charge in [0.1, 0.15) is 11.6 Å². The zero-order chi connectivity index (χ0) is 19.5. The molecule has 1 amide bonds. The summed E-state index contributed by atoms with van der Waals surface area (Å²) in [6, 6.07) is 5.38. The summed E-state index contributed by atoms with van der Waals surface area (Å²) in [5, 5.41) is 12.1. The number of nitrogens with one attached hydrogen (secondary N) is 1. The standard InChI is InChI=1S/C20H27N5O3/c1-3-28-16-5-4-15(12-17(16)27-2)20(26)24-9-6-14(7-10-24)19-23-22-18-13-21-8-11-25(18)19/h4-5,12,14,21H,3,6-11,13H2,1-2H3. The van der Waals surface area contributed by atoms with Crippen molar-refractivity contribution < 1.29 is 14.3 Å². The smallest absolute Gasteiger partial charge is 0.253 e. The fourth-order valence-electron chi connectivity index (χ4n) is 4.02. The fraction of sp³-hybridized carbons (Fsp3) is 0.550. The van der Waals surface area contributed by atoms with Gasteiger partial charge in [-0.3, -0.25) is 4.79 Å². The number of hydrogen-bond acceptors (Lipinski definition) is 6. The molecule has 8 nitrogen and oxygen atoms in total. The van der Waals surface area contributed by atoms with Crippen molar-refractivity contribution in [2.45, 2.75) is 38.8 Å². The Morgan fingerprint density at radius 2 is 2.04 bits per heavy atom. The molecule has 0 aliphatic carbocycles. The van der Waals surface area contributed by atoms with Crippen molar-refractivity contribution in [3.05, 3.63) is 35.4 Å². The molecule has 28 heavy (non-hydrogen) atoms. The largest absolute Gasteiger partial charge is 0.493 e. The Bertz CT molecular complexity index is 842. The van der Waals surface area contributed by atoms with Crippen LogP contribution < -0.4 is 14.8 Å². The molecule has 150 valence electrons. The molecule has 1 aromatic carbocycles. The minimum atomic E-state index is 0.0345. The lowest BCUT2D eigenvalue weighted by atomic mass is 9.95. The molecular weight excluding hydrogens is 358 g/mol. The third-order valence-electron chi connectivity index (χ3n) is 5.51. The van der Waals surface area contributed by atoms with Crippen LogP contribution in [0, 0.1) is 0 Å². The van der Waals surface area contributed by atoms with Crippen LogP contribution in [0.2, 0.25) is 0 Å². The van der Waals surface area contributed by atoms with Crippen molar-refractivity contribution in [2.24, 2.45) is 0 Å². The summed E-state index contributed by atoms with van der Waals surface area (Å²) in [7, 11) is 1.59. The third-order valence-corrected chi connectivity index (χ3v) is 5.51. The number of fused-ring (bicyclic) bond motifs is 1. The van der Waals surface area contributed by atoms with E-state index in [2.05, 4.69) is 20.1 Å². The molecule has 3 heterocycles. The Hall–Kier alpha value is -2.61. The van der Waals surface area contributed by atoms with Crippen molar-refractivity contribution >= 4 is 5.91 Å². The van der Waals surface area contributed by atoms with E-state index >= 15 is 0 Å². The van der Waals surface area contributed by atoms with Crippen LogP contribution in [-0.2, 0) is 13.1 Å². The zero-order valence-electron chi connectivity index (χ0n) is 16.5. The highest BCUT2D eigenvalue weighted by atomic mass is 16.5. The lowest BCUT2D eigenvalue weighted by Gasteiger charge is -2.32. The van der Waals surface area contributed by atoms with E-state index in [0.29, 0.717) is 29.6 Å². The molecule has 1 saturated heterocycles. The van der Waals surface area contributed by atoms with Crippen LogP contribution in [0.15, 0.2) is 18.2 Å². The second-order valence-electron chi connectivity index (χ2n) is 7.17. The first kappa shape index (κ1) is 18.7. The van der Waals surface area contributed by atoms with E-state index in [1.165, 1.54) is 0 Å². The molecule has 2 aliphatic heterocycles. The number of methoxy groups -OCH3 is 1. The van der Waals surface area contributed by atoms with Crippen molar-refractivity contribution in [3.8, 4) is 11.5 Å². The number of amides is 1. The van der Waals surface area contributed by atoms with E-state index < -0.39 is 0 Å². The maximum absolute atomic E-state index is 13.0.